The number of nitro benzene ring substituents is 1. The van der Waals surface area contributed by atoms with E-state index in [-0.39, 0.29) is 17.5 Å². The number of nitrogens with zero attached hydrogens (tertiary/aromatic N) is 3. The first kappa shape index (κ1) is 11.1. The van der Waals surface area contributed by atoms with Crippen molar-refractivity contribution in [3.8, 4) is 23.1 Å². The van der Waals surface area contributed by atoms with Gasteiger partial charge >= 0.3 is 0 Å². The van der Waals surface area contributed by atoms with Gasteiger partial charge < -0.3 is 8.83 Å². The second kappa shape index (κ2) is 4.37. The summed E-state index contributed by atoms with van der Waals surface area (Å²) in [5.41, 5.74) is 0.616. The Morgan fingerprint density at radius 1 is 1.05 bits per heavy atom. The minimum Gasteiger partial charge on any atom is -0.459 e. The molecule has 0 amide bonds. The number of hydrogen-bond acceptors (Lipinski definition) is 6. The molecule has 2 heterocycles. The number of rotatable bonds is 3. The zero-order valence-electron chi connectivity index (χ0n) is 9.52. The molecule has 7 nitrogen and oxygen atoms in total. The van der Waals surface area contributed by atoms with Crippen molar-refractivity contribution in [3.63, 3.8) is 0 Å². The van der Waals surface area contributed by atoms with Gasteiger partial charge in [-0.3, -0.25) is 10.1 Å². The van der Waals surface area contributed by atoms with E-state index in [0.717, 1.165) is 0 Å². The lowest BCUT2D eigenvalue weighted by Gasteiger charge is -1.94. The highest BCUT2D eigenvalue weighted by Crippen LogP contribution is 2.25. The summed E-state index contributed by atoms with van der Waals surface area (Å²) in [6, 6.07) is 9.28. The summed E-state index contributed by atoms with van der Waals surface area (Å²) in [5.74, 6) is 1.01. The van der Waals surface area contributed by atoms with Crippen LogP contribution >= 0.6 is 0 Å². The van der Waals surface area contributed by atoms with Gasteiger partial charge in [-0.15, -0.1) is 10.2 Å². The summed E-state index contributed by atoms with van der Waals surface area (Å²) in [4.78, 5) is 10.1. The molecule has 19 heavy (non-hydrogen) atoms. The first-order valence-electron chi connectivity index (χ1n) is 5.36. The molecule has 0 atom stereocenters. The van der Waals surface area contributed by atoms with E-state index in [1.807, 2.05) is 0 Å². The van der Waals surface area contributed by atoms with Crippen LogP contribution in [0, 0.1) is 10.1 Å². The van der Waals surface area contributed by atoms with Crippen molar-refractivity contribution < 1.29 is 13.8 Å². The Labute approximate surface area is 106 Å². The first-order chi connectivity index (χ1) is 9.24. The molecule has 0 saturated carbocycles. The fourth-order valence-electron chi connectivity index (χ4n) is 1.57. The summed E-state index contributed by atoms with van der Waals surface area (Å²) < 4.78 is 10.6. The van der Waals surface area contributed by atoms with E-state index >= 15 is 0 Å². The molecule has 1 aromatic carbocycles. The summed E-state index contributed by atoms with van der Waals surface area (Å²) >= 11 is 0. The van der Waals surface area contributed by atoms with Crippen molar-refractivity contribution in [1.82, 2.24) is 10.2 Å². The SMILES string of the molecule is O=[N+]([O-])c1ccc(-c2nnc(-c3ccco3)o2)cc1. The number of furan rings is 1. The van der Waals surface area contributed by atoms with Gasteiger partial charge in [0.1, 0.15) is 0 Å². The first-order valence-corrected chi connectivity index (χ1v) is 5.36. The molecule has 0 N–H and O–H groups in total. The summed E-state index contributed by atoms with van der Waals surface area (Å²) in [7, 11) is 0. The smallest absolute Gasteiger partial charge is 0.283 e. The summed E-state index contributed by atoms with van der Waals surface area (Å²) in [6.45, 7) is 0. The van der Waals surface area contributed by atoms with Crippen LogP contribution in [-0.4, -0.2) is 15.1 Å². The maximum atomic E-state index is 10.6. The van der Waals surface area contributed by atoms with Gasteiger partial charge in [0.25, 0.3) is 11.6 Å². The Morgan fingerprint density at radius 3 is 2.42 bits per heavy atom. The molecule has 0 saturated heterocycles. The molecule has 0 fully saturated rings. The zero-order valence-corrected chi connectivity index (χ0v) is 9.52. The largest absolute Gasteiger partial charge is 0.459 e. The molecular weight excluding hydrogens is 250 g/mol. The summed E-state index contributed by atoms with van der Waals surface area (Å²) in [5, 5.41) is 18.3. The second-order valence-electron chi connectivity index (χ2n) is 3.69. The van der Waals surface area contributed by atoms with Gasteiger partial charge in [-0.2, -0.15) is 0 Å². The van der Waals surface area contributed by atoms with Crippen LogP contribution in [0.25, 0.3) is 23.1 Å². The van der Waals surface area contributed by atoms with Crippen LogP contribution in [0.15, 0.2) is 51.5 Å². The minimum absolute atomic E-state index is 0.00882. The van der Waals surface area contributed by atoms with Crippen LogP contribution < -0.4 is 0 Å². The molecule has 0 spiro atoms. The number of nitro groups is 1. The van der Waals surface area contributed by atoms with E-state index in [2.05, 4.69) is 10.2 Å². The van der Waals surface area contributed by atoms with E-state index in [1.165, 1.54) is 18.4 Å². The minimum atomic E-state index is -0.466. The average Bonchev–Trinajstić information content (AvgIpc) is 3.10. The molecule has 0 aliphatic carbocycles. The third-order valence-electron chi connectivity index (χ3n) is 2.48. The lowest BCUT2D eigenvalue weighted by Crippen LogP contribution is -1.87. The molecule has 0 radical (unpaired) electrons. The van der Waals surface area contributed by atoms with E-state index in [4.69, 9.17) is 8.83 Å². The topological polar surface area (TPSA) is 95.2 Å². The third-order valence-corrected chi connectivity index (χ3v) is 2.48. The molecule has 3 rings (SSSR count). The van der Waals surface area contributed by atoms with Crippen LogP contribution in [0.1, 0.15) is 0 Å². The van der Waals surface area contributed by atoms with Crippen LogP contribution in [0.2, 0.25) is 0 Å². The highest BCUT2D eigenvalue weighted by molar-refractivity contribution is 5.57. The van der Waals surface area contributed by atoms with Crippen molar-refractivity contribution in [2.24, 2.45) is 0 Å². The second-order valence-corrected chi connectivity index (χ2v) is 3.69. The molecule has 7 heteroatoms. The molecule has 0 unspecified atom stereocenters. The number of non-ortho nitro benzene ring substituents is 1. The van der Waals surface area contributed by atoms with Crippen molar-refractivity contribution in [2.45, 2.75) is 0 Å². The molecular formula is C12H7N3O4. The quantitative estimate of drug-likeness (QED) is 0.528. The lowest BCUT2D eigenvalue weighted by atomic mass is 10.2. The van der Waals surface area contributed by atoms with Crippen LogP contribution in [0.5, 0.6) is 0 Å². The molecule has 0 aliphatic heterocycles. The fraction of sp³-hybridized carbons (Fsp3) is 0. The van der Waals surface area contributed by atoms with Crippen molar-refractivity contribution >= 4 is 5.69 Å². The van der Waals surface area contributed by atoms with E-state index < -0.39 is 4.92 Å². The van der Waals surface area contributed by atoms with Gasteiger partial charge in [-0.25, -0.2) is 0 Å². The maximum absolute atomic E-state index is 10.6. The van der Waals surface area contributed by atoms with E-state index in [1.54, 1.807) is 24.3 Å². The Hall–Kier alpha value is -2.96. The van der Waals surface area contributed by atoms with Crippen molar-refractivity contribution in [3.05, 3.63) is 52.8 Å². The molecule has 2 aromatic heterocycles. The highest BCUT2D eigenvalue weighted by Gasteiger charge is 2.13. The molecule has 94 valence electrons. The third kappa shape index (κ3) is 2.08. The Bertz CT molecular complexity index is 701. The maximum Gasteiger partial charge on any atom is 0.283 e. The predicted octanol–water partition coefficient (Wildman–Crippen LogP) is 2.90. The van der Waals surface area contributed by atoms with Gasteiger partial charge in [0.2, 0.25) is 5.89 Å². The Morgan fingerprint density at radius 2 is 1.79 bits per heavy atom. The zero-order chi connectivity index (χ0) is 13.2. The van der Waals surface area contributed by atoms with Crippen molar-refractivity contribution in [1.29, 1.82) is 0 Å². The van der Waals surface area contributed by atoms with E-state index in [0.29, 0.717) is 11.3 Å². The van der Waals surface area contributed by atoms with Crippen LogP contribution in [0.3, 0.4) is 0 Å². The predicted molar refractivity (Wildman–Crippen MR) is 64.1 cm³/mol. The lowest BCUT2D eigenvalue weighted by molar-refractivity contribution is -0.384. The summed E-state index contributed by atoms with van der Waals surface area (Å²) in [6.07, 6.45) is 1.51. The average molecular weight is 257 g/mol. The van der Waals surface area contributed by atoms with Gasteiger partial charge in [0.15, 0.2) is 5.76 Å². The number of benzene rings is 1. The highest BCUT2D eigenvalue weighted by atomic mass is 16.6. The van der Waals surface area contributed by atoms with Crippen molar-refractivity contribution in [2.75, 3.05) is 0 Å². The Kier molecular flexibility index (Phi) is 2.57. The number of aromatic nitrogens is 2. The van der Waals surface area contributed by atoms with Gasteiger partial charge in [-0.05, 0) is 24.3 Å². The normalized spacial score (nSPS) is 10.5. The van der Waals surface area contributed by atoms with Gasteiger partial charge in [0.05, 0.1) is 11.2 Å². The van der Waals surface area contributed by atoms with Crippen LogP contribution in [-0.2, 0) is 0 Å². The fourth-order valence-corrected chi connectivity index (χ4v) is 1.57. The van der Waals surface area contributed by atoms with Crippen LogP contribution in [0.4, 0.5) is 5.69 Å². The molecule has 3 aromatic rings. The molecule has 0 bridgehead atoms. The molecule has 0 aliphatic rings. The van der Waals surface area contributed by atoms with Gasteiger partial charge in [-0.1, -0.05) is 0 Å². The van der Waals surface area contributed by atoms with E-state index in [9.17, 15) is 10.1 Å². The standard InChI is InChI=1S/C12H7N3O4/c16-15(17)9-5-3-8(4-6-9)11-13-14-12(19-11)10-2-1-7-18-10/h1-7H. The monoisotopic (exact) mass is 257 g/mol. The van der Waals surface area contributed by atoms with Gasteiger partial charge in [0, 0.05) is 17.7 Å². The number of hydrogen-bond donors (Lipinski definition) is 0. The Balaban J connectivity index is 1.92.